The highest BCUT2D eigenvalue weighted by Gasteiger charge is 2.09. The smallest absolute Gasteiger partial charge is 0.236 e. The zero-order valence-electron chi connectivity index (χ0n) is 11.5. The number of nitrogens with two attached hydrogens (primary N) is 1. The number of halogens is 1. The second kappa shape index (κ2) is 9.78. The molecular formula is C14H23ClN2O2. The first kappa shape index (κ1) is 17.9. The number of amides is 1. The zero-order valence-corrected chi connectivity index (χ0v) is 12.3. The van der Waals surface area contributed by atoms with E-state index in [4.69, 9.17) is 10.5 Å². The molecule has 0 bridgehead atoms. The fourth-order valence-corrected chi connectivity index (χ4v) is 1.45. The van der Waals surface area contributed by atoms with Crippen LogP contribution in [0, 0.1) is 5.92 Å². The molecular weight excluding hydrogens is 264 g/mol. The van der Waals surface area contributed by atoms with Crippen LogP contribution >= 0.6 is 12.4 Å². The first-order chi connectivity index (χ1) is 8.59. The Morgan fingerprint density at radius 3 is 2.53 bits per heavy atom. The van der Waals surface area contributed by atoms with E-state index >= 15 is 0 Å². The fourth-order valence-electron chi connectivity index (χ4n) is 1.45. The summed E-state index contributed by atoms with van der Waals surface area (Å²) in [5.41, 5.74) is 6.61. The Labute approximate surface area is 121 Å². The molecule has 108 valence electrons. The van der Waals surface area contributed by atoms with Gasteiger partial charge in [-0.05, 0) is 18.4 Å². The van der Waals surface area contributed by atoms with Crippen molar-refractivity contribution in [3.05, 3.63) is 35.9 Å². The third kappa shape index (κ3) is 7.82. The molecule has 0 aliphatic carbocycles. The number of nitrogens with one attached hydrogen (secondary N) is 1. The van der Waals surface area contributed by atoms with Crippen molar-refractivity contribution in [2.75, 3.05) is 13.2 Å². The standard InChI is InChI=1S/C14H22N2O2.ClH/c1-11(8-16-14(17)12(2)15)9-18-10-13-6-4-3-5-7-13;/h3-7,11-12H,8-10,15H2,1-2H3,(H,16,17);1H/t11?,12-;/m0./s1. The molecule has 2 atom stereocenters. The highest BCUT2D eigenvalue weighted by molar-refractivity contribution is 5.85. The molecule has 0 aliphatic rings. The van der Waals surface area contributed by atoms with Crippen molar-refractivity contribution in [2.45, 2.75) is 26.5 Å². The van der Waals surface area contributed by atoms with E-state index in [1.807, 2.05) is 37.3 Å². The average molecular weight is 287 g/mol. The molecule has 5 heteroatoms. The molecule has 3 N–H and O–H groups in total. The number of ether oxygens (including phenoxy) is 1. The Balaban J connectivity index is 0.00000324. The topological polar surface area (TPSA) is 64.4 Å². The van der Waals surface area contributed by atoms with Gasteiger partial charge in [0.15, 0.2) is 0 Å². The number of hydrogen-bond donors (Lipinski definition) is 2. The minimum absolute atomic E-state index is 0. The Morgan fingerprint density at radius 1 is 1.32 bits per heavy atom. The summed E-state index contributed by atoms with van der Waals surface area (Å²) in [5, 5.41) is 2.79. The lowest BCUT2D eigenvalue weighted by atomic mass is 10.2. The second-order valence-corrected chi connectivity index (χ2v) is 4.64. The number of benzene rings is 1. The van der Waals surface area contributed by atoms with Crippen molar-refractivity contribution in [3.63, 3.8) is 0 Å². The van der Waals surface area contributed by atoms with Crippen LogP contribution in [0.3, 0.4) is 0 Å². The van der Waals surface area contributed by atoms with Gasteiger partial charge in [0.05, 0.1) is 19.3 Å². The molecule has 0 heterocycles. The van der Waals surface area contributed by atoms with Crippen LogP contribution in [0.5, 0.6) is 0 Å². The molecule has 1 unspecified atom stereocenters. The van der Waals surface area contributed by atoms with Crippen molar-refractivity contribution in [1.82, 2.24) is 5.32 Å². The van der Waals surface area contributed by atoms with E-state index in [9.17, 15) is 4.79 Å². The van der Waals surface area contributed by atoms with Crippen LogP contribution < -0.4 is 11.1 Å². The summed E-state index contributed by atoms with van der Waals surface area (Å²) in [6.45, 7) is 5.52. The second-order valence-electron chi connectivity index (χ2n) is 4.64. The minimum atomic E-state index is -0.456. The number of carbonyl (C=O) groups excluding carboxylic acids is 1. The van der Waals surface area contributed by atoms with Gasteiger partial charge in [0.1, 0.15) is 0 Å². The molecule has 0 aliphatic heterocycles. The van der Waals surface area contributed by atoms with Crippen LogP contribution in [0.2, 0.25) is 0 Å². The molecule has 0 aromatic heterocycles. The van der Waals surface area contributed by atoms with E-state index in [-0.39, 0.29) is 24.2 Å². The molecule has 19 heavy (non-hydrogen) atoms. The molecule has 1 aromatic rings. The van der Waals surface area contributed by atoms with Crippen LogP contribution in [0.1, 0.15) is 19.4 Å². The van der Waals surface area contributed by atoms with Gasteiger partial charge in [-0.25, -0.2) is 0 Å². The Kier molecular flexibility index (Phi) is 9.21. The minimum Gasteiger partial charge on any atom is -0.376 e. The number of rotatable bonds is 7. The fraction of sp³-hybridized carbons (Fsp3) is 0.500. The third-order valence-electron chi connectivity index (χ3n) is 2.55. The SMILES string of the molecule is CC(CNC(=O)[C@H](C)N)COCc1ccccc1.Cl. The lowest BCUT2D eigenvalue weighted by molar-refractivity contribution is -0.122. The zero-order chi connectivity index (χ0) is 13.4. The summed E-state index contributed by atoms with van der Waals surface area (Å²) in [4.78, 5) is 11.3. The summed E-state index contributed by atoms with van der Waals surface area (Å²) >= 11 is 0. The maximum absolute atomic E-state index is 11.3. The maximum atomic E-state index is 11.3. The lowest BCUT2D eigenvalue weighted by Crippen LogP contribution is -2.40. The summed E-state index contributed by atoms with van der Waals surface area (Å²) in [6.07, 6.45) is 0. The van der Waals surface area contributed by atoms with E-state index in [1.54, 1.807) is 6.92 Å². The maximum Gasteiger partial charge on any atom is 0.236 e. The Bertz CT molecular complexity index is 358. The summed E-state index contributed by atoms with van der Waals surface area (Å²) in [5.74, 6) is 0.154. The summed E-state index contributed by atoms with van der Waals surface area (Å²) < 4.78 is 5.59. The van der Waals surface area contributed by atoms with Crippen molar-refractivity contribution in [1.29, 1.82) is 0 Å². The van der Waals surface area contributed by atoms with Gasteiger partial charge in [-0.1, -0.05) is 37.3 Å². The molecule has 0 saturated heterocycles. The largest absolute Gasteiger partial charge is 0.376 e. The monoisotopic (exact) mass is 286 g/mol. The van der Waals surface area contributed by atoms with Gasteiger partial charge in [-0.15, -0.1) is 12.4 Å². The van der Waals surface area contributed by atoms with E-state index in [0.29, 0.717) is 19.8 Å². The summed E-state index contributed by atoms with van der Waals surface area (Å²) in [6, 6.07) is 9.57. The van der Waals surface area contributed by atoms with Crippen molar-refractivity contribution >= 4 is 18.3 Å². The van der Waals surface area contributed by atoms with Crippen LogP contribution in [0.15, 0.2) is 30.3 Å². The first-order valence-electron chi connectivity index (χ1n) is 6.24. The predicted molar refractivity (Wildman–Crippen MR) is 79.2 cm³/mol. The highest BCUT2D eigenvalue weighted by atomic mass is 35.5. The molecule has 0 fully saturated rings. The van der Waals surface area contributed by atoms with Crippen LogP contribution in [0.4, 0.5) is 0 Å². The van der Waals surface area contributed by atoms with Gasteiger partial charge >= 0.3 is 0 Å². The Morgan fingerprint density at radius 2 is 1.95 bits per heavy atom. The van der Waals surface area contributed by atoms with E-state index in [2.05, 4.69) is 5.32 Å². The van der Waals surface area contributed by atoms with E-state index in [1.165, 1.54) is 0 Å². The van der Waals surface area contributed by atoms with Crippen LogP contribution in [0.25, 0.3) is 0 Å². The molecule has 0 spiro atoms. The third-order valence-corrected chi connectivity index (χ3v) is 2.55. The number of carbonyl (C=O) groups is 1. The quantitative estimate of drug-likeness (QED) is 0.802. The average Bonchev–Trinajstić information content (AvgIpc) is 2.37. The molecule has 0 radical (unpaired) electrons. The molecule has 4 nitrogen and oxygen atoms in total. The first-order valence-corrected chi connectivity index (χ1v) is 6.24. The predicted octanol–water partition coefficient (Wildman–Crippen LogP) is 1.72. The molecule has 1 amide bonds. The van der Waals surface area contributed by atoms with Crippen LogP contribution in [-0.4, -0.2) is 25.1 Å². The van der Waals surface area contributed by atoms with Gasteiger partial charge in [-0.3, -0.25) is 4.79 Å². The van der Waals surface area contributed by atoms with Gasteiger partial charge in [0.2, 0.25) is 5.91 Å². The lowest BCUT2D eigenvalue weighted by Gasteiger charge is -2.14. The van der Waals surface area contributed by atoms with Gasteiger partial charge < -0.3 is 15.8 Å². The molecule has 1 rings (SSSR count). The van der Waals surface area contributed by atoms with E-state index < -0.39 is 6.04 Å². The highest BCUT2D eigenvalue weighted by Crippen LogP contribution is 2.02. The van der Waals surface area contributed by atoms with Crippen LogP contribution in [-0.2, 0) is 16.1 Å². The van der Waals surface area contributed by atoms with Crippen molar-refractivity contribution in [3.8, 4) is 0 Å². The Hall–Kier alpha value is -1.10. The van der Waals surface area contributed by atoms with Gasteiger partial charge in [0.25, 0.3) is 0 Å². The normalized spacial score (nSPS) is 13.2. The van der Waals surface area contributed by atoms with Gasteiger partial charge in [-0.2, -0.15) is 0 Å². The van der Waals surface area contributed by atoms with Crippen molar-refractivity contribution < 1.29 is 9.53 Å². The molecule has 1 aromatic carbocycles. The van der Waals surface area contributed by atoms with Crippen molar-refractivity contribution in [2.24, 2.45) is 11.7 Å². The van der Waals surface area contributed by atoms with Gasteiger partial charge in [0, 0.05) is 6.54 Å². The molecule has 0 saturated carbocycles. The summed E-state index contributed by atoms with van der Waals surface area (Å²) in [7, 11) is 0. The van der Waals surface area contributed by atoms with E-state index in [0.717, 1.165) is 5.56 Å². The number of hydrogen-bond acceptors (Lipinski definition) is 3.